The fourth-order valence-corrected chi connectivity index (χ4v) is 2.97. The standard InChI is InChI=1S/C14H13F2NO2S/c1-10(11-2-4-12(15)5-3-11)17-20(18,19)14-8-6-13(16)7-9-14/h2-10,17H,1H3. The van der Waals surface area contributed by atoms with Crippen molar-refractivity contribution in [3.8, 4) is 0 Å². The van der Waals surface area contributed by atoms with E-state index >= 15 is 0 Å². The van der Waals surface area contributed by atoms with Crippen LogP contribution in [-0.4, -0.2) is 8.42 Å². The fourth-order valence-electron chi connectivity index (χ4n) is 1.73. The Morgan fingerprint density at radius 1 is 0.900 bits per heavy atom. The molecule has 0 bridgehead atoms. The van der Waals surface area contributed by atoms with Gasteiger partial charge in [-0.25, -0.2) is 21.9 Å². The zero-order chi connectivity index (χ0) is 14.8. The van der Waals surface area contributed by atoms with Gasteiger partial charge in [-0.05, 0) is 48.9 Å². The Morgan fingerprint density at radius 3 is 1.85 bits per heavy atom. The van der Waals surface area contributed by atoms with Crippen LogP contribution in [0.15, 0.2) is 53.4 Å². The summed E-state index contributed by atoms with van der Waals surface area (Å²) in [5.41, 5.74) is 0.636. The Labute approximate surface area is 116 Å². The summed E-state index contributed by atoms with van der Waals surface area (Å²) in [6.07, 6.45) is 0. The predicted molar refractivity (Wildman–Crippen MR) is 71.5 cm³/mol. The molecule has 1 N–H and O–H groups in total. The van der Waals surface area contributed by atoms with E-state index in [1.165, 1.54) is 36.4 Å². The Kier molecular flexibility index (Phi) is 4.15. The maximum atomic E-state index is 12.8. The van der Waals surface area contributed by atoms with Gasteiger partial charge in [0.25, 0.3) is 0 Å². The van der Waals surface area contributed by atoms with E-state index < -0.39 is 21.9 Å². The number of halogens is 2. The van der Waals surface area contributed by atoms with Gasteiger partial charge in [-0.2, -0.15) is 0 Å². The summed E-state index contributed by atoms with van der Waals surface area (Å²) in [6, 6.07) is 9.56. The molecule has 0 saturated heterocycles. The third-order valence-corrected chi connectivity index (χ3v) is 4.38. The molecule has 1 atom stereocenters. The van der Waals surface area contributed by atoms with Crippen LogP contribution in [0.4, 0.5) is 8.78 Å². The van der Waals surface area contributed by atoms with Crippen molar-refractivity contribution >= 4 is 10.0 Å². The zero-order valence-electron chi connectivity index (χ0n) is 10.7. The minimum atomic E-state index is -3.74. The highest BCUT2D eigenvalue weighted by atomic mass is 32.2. The number of hydrogen-bond donors (Lipinski definition) is 1. The van der Waals surface area contributed by atoms with Crippen molar-refractivity contribution in [2.45, 2.75) is 17.9 Å². The molecule has 0 spiro atoms. The van der Waals surface area contributed by atoms with Crippen molar-refractivity contribution in [1.29, 1.82) is 0 Å². The highest BCUT2D eigenvalue weighted by Crippen LogP contribution is 2.17. The normalized spacial score (nSPS) is 13.2. The molecule has 0 fully saturated rings. The fraction of sp³-hybridized carbons (Fsp3) is 0.143. The van der Waals surface area contributed by atoms with E-state index in [2.05, 4.69) is 4.72 Å². The summed E-state index contributed by atoms with van der Waals surface area (Å²) < 4.78 is 52.2. The molecule has 3 nitrogen and oxygen atoms in total. The molecule has 0 saturated carbocycles. The molecule has 0 amide bonds. The van der Waals surface area contributed by atoms with Crippen molar-refractivity contribution < 1.29 is 17.2 Å². The second-order valence-electron chi connectivity index (χ2n) is 4.35. The van der Waals surface area contributed by atoms with Crippen LogP contribution in [0.3, 0.4) is 0 Å². The number of rotatable bonds is 4. The van der Waals surface area contributed by atoms with Gasteiger partial charge in [0.05, 0.1) is 4.90 Å². The average Bonchev–Trinajstić information content (AvgIpc) is 2.39. The van der Waals surface area contributed by atoms with E-state index in [0.29, 0.717) is 5.56 Å². The lowest BCUT2D eigenvalue weighted by Crippen LogP contribution is -2.26. The number of benzene rings is 2. The molecule has 0 heterocycles. The van der Waals surface area contributed by atoms with Crippen molar-refractivity contribution in [1.82, 2.24) is 4.72 Å². The van der Waals surface area contributed by atoms with E-state index in [1.807, 2.05) is 0 Å². The molecule has 0 aliphatic rings. The van der Waals surface area contributed by atoms with Crippen molar-refractivity contribution in [2.75, 3.05) is 0 Å². The molecular weight excluding hydrogens is 284 g/mol. The minimum Gasteiger partial charge on any atom is -0.207 e. The molecule has 0 aliphatic heterocycles. The first-order valence-corrected chi connectivity index (χ1v) is 7.40. The predicted octanol–water partition coefficient (Wildman–Crippen LogP) is 3.00. The minimum absolute atomic E-state index is 0.0205. The van der Waals surface area contributed by atoms with E-state index in [-0.39, 0.29) is 10.7 Å². The summed E-state index contributed by atoms with van der Waals surface area (Å²) in [5.74, 6) is -0.891. The molecule has 20 heavy (non-hydrogen) atoms. The zero-order valence-corrected chi connectivity index (χ0v) is 11.5. The van der Waals surface area contributed by atoms with Gasteiger partial charge < -0.3 is 0 Å². The van der Waals surface area contributed by atoms with Crippen molar-refractivity contribution in [2.24, 2.45) is 0 Å². The van der Waals surface area contributed by atoms with Gasteiger partial charge in [0.2, 0.25) is 10.0 Å². The molecule has 0 aliphatic carbocycles. The number of hydrogen-bond acceptors (Lipinski definition) is 2. The molecule has 1 unspecified atom stereocenters. The lowest BCUT2D eigenvalue weighted by atomic mass is 10.1. The summed E-state index contributed by atoms with van der Waals surface area (Å²) in [7, 11) is -3.74. The highest BCUT2D eigenvalue weighted by Gasteiger charge is 2.18. The Morgan fingerprint density at radius 2 is 1.35 bits per heavy atom. The van der Waals surface area contributed by atoms with E-state index in [0.717, 1.165) is 12.1 Å². The third kappa shape index (κ3) is 3.40. The van der Waals surface area contributed by atoms with Gasteiger partial charge in [-0.15, -0.1) is 0 Å². The van der Waals surface area contributed by atoms with Gasteiger partial charge in [0.15, 0.2) is 0 Å². The Hall–Kier alpha value is -1.79. The molecule has 2 aromatic carbocycles. The smallest absolute Gasteiger partial charge is 0.207 e. The second kappa shape index (κ2) is 5.68. The molecular formula is C14H13F2NO2S. The Bertz CT molecular complexity index is 682. The van der Waals surface area contributed by atoms with Crippen LogP contribution in [0.5, 0.6) is 0 Å². The van der Waals surface area contributed by atoms with Crippen LogP contribution in [0, 0.1) is 11.6 Å². The van der Waals surface area contributed by atoms with Gasteiger partial charge in [-0.3, -0.25) is 0 Å². The van der Waals surface area contributed by atoms with Gasteiger partial charge in [0, 0.05) is 6.04 Å². The van der Waals surface area contributed by atoms with Gasteiger partial charge in [-0.1, -0.05) is 12.1 Å². The lowest BCUT2D eigenvalue weighted by Gasteiger charge is -2.14. The van der Waals surface area contributed by atoms with Crippen LogP contribution in [0.25, 0.3) is 0 Å². The van der Waals surface area contributed by atoms with Crippen LogP contribution in [0.1, 0.15) is 18.5 Å². The molecule has 2 rings (SSSR count). The number of nitrogens with one attached hydrogen (secondary N) is 1. The first-order chi connectivity index (χ1) is 9.38. The van der Waals surface area contributed by atoms with Crippen LogP contribution >= 0.6 is 0 Å². The van der Waals surface area contributed by atoms with Crippen molar-refractivity contribution in [3.63, 3.8) is 0 Å². The van der Waals surface area contributed by atoms with E-state index in [1.54, 1.807) is 6.92 Å². The first kappa shape index (κ1) is 14.6. The largest absolute Gasteiger partial charge is 0.241 e. The topological polar surface area (TPSA) is 46.2 Å². The SMILES string of the molecule is CC(NS(=O)(=O)c1ccc(F)cc1)c1ccc(F)cc1. The monoisotopic (exact) mass is 297 g/mol. The molecule has 106 valence electrons. The maximum Gasteiger partial charge on any atom is 0.241 e. The quantitative estimate of drug-likeness (QED) is 0.943. The third-order valence-electron chi connectivity index (χ3n) is 2.83. The van der Waals surface area contributed by atoms with Gasteiger partial charge >= 0.3 is 0 Å². The molecule has 2 aromatic rings. The van der Waals surface area contributed by atoms with Crippen molar-refractivity contribution in [3.05, 3.63) is 65.7 Å². The lowest BCUT2D eigenvalue weighted by molar-refractivity contribution is 0.565. The second-order valence-corrected chi connectivity index (χ2v) is 6.06. The summed E-state index contributed by atoms with van der Waals surface area (Å²) >= 11 is 0. The summed E-state index contributed by atoms with van der Waals surface area (Å²) in [6.45, 7) is 1.65. The van der Waals surface area contributed by atoms with Crippen LogP contribution in [0.2, 0.25) is 0 Å². The summed E-state index contributed by atoms with van der Waals surface area (Å²) in [5, 5.41) is 0. The Balaban J connectivity index is 2.19. The van der Waals surface area contributed by atoms with E-state index in [9.17, 15) is 17.2 Å². The highest BCUT2D eigenvalue weighted by molar-refractivity contribution is 7.89. The van der Waals surface area contributed by atoms with Crippen LogP contribution < -0.4 is 4.72 Å². The number of sulfonamides is 1. The first-order valence-electron chi connectivity index (χ1n) is 5.92. The molecule has 6 heteroatoms. The molecule has 0 radical (unpaired) electrons. The average molecular weight is 297 g/mol. The summed E-state index contributed by atoms with van der Waals surface area (Å²) in [4.78, 5) is -0.0205. The van der Waals surface area contributed by atoms with Gasteiger partial charge in [0.1, 0.15) is 11.6 Å². The maximum absolute atomic E-state index is 12.8. The van der Waals surface area contributed by atoms with Crippen LogP contribution in [-0.2, 0) is 10.0 Å². The van der Waals surface area contributed by atoms with E-state index in [4.69, 9.17) is 0 Å². The molecule has 0 aromatic heterocycles.